The van der Waals surface area contributed by atoms with Gasteiger partial charge in [-0.15, -0.1) is 0 Å². The highest BCUT2D eigenvalue weighted by Gasteiger charge is 2.13. The van der Waals surface area contributed by atoms with Gasteiger partial charge in [-0.3, -0.25) is 4.79 Å². The SMILES string of the molecule is CCC(C)c1ccc(OCC(=O)NC(C)(C)C)cc1. The highest BCUT2D eigenvalue weighted by Crippen LogP contribution is 2.21. The Bertz CT molecular complexity index is 404. The summed E-state index contributed by atoms with van der Waals surface area (Å²) < 4.78 is 5.47. The van der Waals surface area contributed by atoms with Crippen LogP contribution >= 0.6 is 0 Å². The normalized spacial score (nSPS) is 12.9. The number of carbonyl (C=O) groups excluding carboxylic acids is 1. The van der Waals surface area contributed by atoms with Crippen LogP contribution in [0.5, 0.6) is 5.75 Å². The van der Waals surface area contributed by atoms with Crippen LogP contribution in [0.1, 0.15) is 52.5 Å². The number of ether oxygens (including phenoxy) is 1. The van der Waals surface area contributed by atoms with Crippen LogP contribution in [0, 0.1) is 0 Å². The van der Waals surface area contributed by atoms with Gasteiger partial charge in [0.15, 0.2) is 6.61 Å². The topological polar surface area (TPSA) is 38.3 Å². The van der Waals surface area contributed by atoms with E-state index in [1.165, 1.54) is 5.56 Å². The molecule has 1 unspecified atom stereocenters. The van der Waals surface area contributed by atoms with Crippen molar-refractivity contribution < 1.29 is 9.53 Å². The van der Waals surface area contributed by atoms with E-state index in [1.807, 2.05) is 32.9 Å². The molecule has 1 amide bonds. The first-order valence-electron chi connectivity index (χ1n) is 6.85. The van der Waals surface area contributed by atoms with E-state index in [9.17, 15) is 4.79 Å². The lowest BCUT2D eigenvalue weighted by molar-refractivity contribution is -0.124. The van der Waals surface area contributed by atoms with Crippen molar-refractivity contribution in [1.82, 2.24) is 5.32 Å². The standard InChI is InChI=1S/C16H25NO2/c1-6-12(2)13-7-9-14(10-8-13)19-11-15(18)17-16(3,4)5/h7-10,12H,6,11H2,1-5H3,(H,17,18). The summed E-state index contributed by atoms with van der Waals surface area (Å²) in [6.45, 7) is 10.3. The van der Waals surface area contributed by atoms with Crippen molar-refractivity contribution in [2.24, 2.45) is 0 Å². The van der Waals surface area contributed by atoms with Crippen LogP contribution in [0.25, 0.3) is 0 Å². The predicted octanol–water partition coefficient (Wildman–Crippen LogP) is 3.49. The van der Waals surface area contributed by atoms with Crippen LogP contribution in [0.4, 0.5) is 0 Å². The molecule has 0 saturated heterocycles. The van der Waals surface area contributed by atoms with Crippen molar-refractivity contribution in [2.45, 2.75) is 52.5 Å². The van der Waals surface area contributed by atoms with Gasteiger partial charge in [0.25, 0.3) is 5.91 Å². The van der Waals surface area contributed by atoms with Crippen molar-refractivity contribution in [3.05, 3.63) is 29.8 Å². The van der Waals surface area contributed by atoms with Crippen LogP contribution in [0.2, 0.25) is 0 Å². The number of carbonyl (C=O) groups is 1. The fourth-order valence-corrected chi connectivity index (χ4v) is 1.73. The molecule has 1 rings (SSSR count). The van der Waals surface area contributed by atoms with Gasteiger partial charge in [-0.05, 0) is 50.8 Å². The van der Waals surface area contributed by atoms with Crippen LogP contribution in [0.3, 0.4) is 0 Å². The summed E-state index contributed by atoms with van der Waals surface area (Å²) in [4.78, 5) is 11.6. The van der Waals surface area contributed by atoms with E-state index < -0.39 is 0 Å². The fourth-order valence-electron chi connectivity index (χ4n) is 1.73. The van der Waals surface area contributed by atoms with Crippen molar-refractivity contribution >= 4 is 5.91 Å². The Labute approximate surface area is 116 Å². The number of hydrogen-bond donors (Lipinski definition) is 1. The Hall–Kier alpha value is -1.51. The lowest BCUT2D eigenvalue weighted by Gasteiger charge is -2.20. The maximum absolute atomic E-state index is 11.6. The molecule has 3 heteroatoms. The molecule has 1 N–H and O–H groups in total. The Morgan fingerprint density at radius 2 is 1.84 bits per heavy atom. The Morgan fingerprint density at radius 1 is 1.26 bits per heavy atom. The van der Waals surface area contributed by atoms with Crippen molar-refractivity contribution in [2.75, 3.05) is 6.61 Å². The zero-order chi connectivity index (χ0) is 14.5. The average molecular weight is 263 g/mol. The second-order valence-electron chi connectivity index (χ2n) is 5.97. The van der Waals surface area contributed by atoms with E-state index in [2.05, 4.69) is 31.3 Å². The summed E-state index contributed by atoms with van der Waals surface area (Å²) in [6, 6.07) is 7.97. The van der Waals surface area contributed by atoms with E-state index in [-0.39, 0.29) is 18.1 Å². The third-order valence-electron chi connectivity index (χ3n) is 2.95. The molecule has 0 heterocycles. The average Bonchev–Trinajstić information content (AvgIpc) is 2.34. The molecule has 0 aromatic heterocycles. The minimum absolute atomic E-state index is 0.0555. The van der Waals surface area contributed by atoms with Crippen molar-refractivity contribution in [1.29, 1.82) is 0 Å². The van der Waals surface area contributed by atoms with Crippen molar-refractivity contribution in [3.63, 3.8) is 0 Å². The molecular formula is C16H25NO2. The second kappa shape index (κ2) is 6.60. The highest BCUT2D eigenvalue weighted by atomic mass is 16.5. The third-order valence-corrected chi connectivity index (χ3v) is 2.95. The van der Waals surface area contributed by atoms with Crippen LogP contribution in [-0.4, -0.2) is 18.1 Å². The summed E-state index contributed by atoms with van der Waals surface area (Å²) in [5.41, 5.74) is 1.08. The van der Waals surface area contributed by atoms with E-state index in [0.29, 0.717) is 5.92 Å². The molecule has 0 bridgehead atoms. The van der Waals surface area contributed by atoms with E-state index in [0.717, 1.165) is 12.2 Å². The quantitative estimate of drug-likeness (QED) is 0.883. The monoisotopic (exact) mass is 263 g/mol. The number of rotatable bonds is 5. The molecule has 1 atom stereocenters. The highest BCUT2D eigenvalue weighted by molar-refractivity contribution is 5.78. The van der Waals surface area contributed by atoms with Gasteiger partial charge in [-0.2, -0.15) is 0 Å². The number of nitrogens with one attached hydrogen (secondary N) is 1. The molecule has 0 aliphatic rings. The summed E-state index contributed by atoms with van der Waals surface area (Å²) in [6.07, 6.45) is 1.12. The van der Waals surface area contributed by atoms with Gasteiger partial charge >= 0.3 is 0 Å². The number of amides is 1. The maximum atomic E-state index is 11.6. The van der Waals surface area contributed by atoms with Crippen LogP contribution in [0.15, 0.2) is 24.3 Å². The Morgan fingerprint density at radius 3 is 2.32 bits per heavy atom. The molecular weight excluding hydrogens is 238 g/mol. The Balaban J connectivity index is 2.48. The van der Waals surface area contributed by atoms with E-state index in [4.69, 9.17) is 4.74 Å². The summed E-state index contributed by atoms with van der Waals surface area (Å²) in [7, 11) is 0. The second-order valence-corrected chi connectivity index (χ2v) is 5.97. The maximum Gasteiger partial charge on any atom is 0.258 e. The van der Waals surface area contributed by atoms with E-state index in [1.54, 1.807) is 0 Å². The fraction of sp³-hybridized carbons (Fsp3) is 0.562. The van der Waals surface area contributed by atoms with Gasteiger partial charge in [0.05, 0.1) is 0 Å². The zero-order valence-electron chi connectivity index (χ0n) is 12.6. The Kier molecular flexibility index (Phi) is 5.40. The molecule has 1 aromatic carbocycles. The van der Waals surface area contributed by atoms with E-state index >= 15 is 0 Å². The molecule has 3 nitrogen and oxygen atoms in total. The largest absolute Gasteiger partial charge is 0.484 e. The lowest BCUT2D eigenvalue weighted by Crippen LogP contribution is -2.43. The van der Waals surface area contributed by atoms with Gasteiger partial charge in [-0.25, -0.2) is 0 Å². The predicted molar refractivity (Wildman–Crippen MR) is 78.5 cm³/mol. The van der Waals surface area contributed by atoms with Gasteiger partial charge in [0, 0.05) is 5.54 Å². The smallest absolute Gasteiger partial charge is 0.258 e. The summed E-state index contributed by atoms with van der Waals surface area (Å²) in [5, 5.41) is 2.86. The van der Waals surface area contributed by atoms with Crippen molar-refractivity contribution in [3.8, 4) is 5.75 Å². The molecule has 0 saturated carbocycles. The molecule has 0 aliphatic heterocycles. The van der Waals surface area contributed by atoms with Gasteiger partial charge in [-0.1, -0.05) is 26.0 Å². The first-order chi connectivity index (χ1) is 8.81. The zero-order valence-corrected chi connectivity index (χ0v) is 12.6. The first kappa shape index (κ1) is 15.5. The molecule has 0 fully saturated rings. The first-order valence-corrected chi connectivity index (χ1v) is 6.85. The molecule has 0 radical (unpaired) electrons. The summed E-state index contributed by atoms with van der Waals surface area (Å²) >= 11 is 0. The third kappa shape index (κ3) is 5.77. The molecule has 19 heavy (non-hydrogen) atoms. The van der Waals surface area contributed by atoms with Crippen LogP contribution in [-0.2, 0) is 4.79 Å². The molecule has 106 valence electrons. The van der Waals surface area contributed by atoms with Gasteiger partial charge in [0.2, 0.25) is 0 Å². The van der Waals surface area contributed by atoms with Gasteiger partial charge < -0.3 is 10.1 Å². The molecule has 0 aliphatic carbocycles. The molecule has 1 aromatic rings. The summed E-state index contributed by atoms with van der Waals surface area (Å²) in [5.74, 6) is 1.19. The number of benzene rings is 1. The van der Waals surface area contributed by atoms with Gasteiger partial charge in [0.1, 0.15) is 5.75 Å². The molecule has 0 spiro atoms. The van der Waals surface area contributed by atoms with Crippen LogP contribution < -0.4 is 10.1 Å². The number of hydrogen-bond acceptors (Lipinski definition) is 2. The minimum Gasteiger partial charge on any atom is -0.484 e. The minimum atomic E-state index is -0.221. The lowest BCUT2D eigenvalue weighted by atomic mass is 9.99.